The number of pyridine rings is 1. The van der Waals surface area contributed by atoms with Gasteiger partial charge in [-0.15, -0.1) is 0 Å². The van der Waals surface area contributed by atoms with Crippen LogP contribution in [0.25, 0.3) is 11.1 Å². The lowest BCUT2D eigenvalue weighted by molar-refractivity contribution is -0.160. The number of hydrogen-bond donors (Lipinski definition) is 0. The van der Waals surface area contributed by atoms with Crippen molar-refractivity contribution in [2.75, 3.05) is 0 Å². The van der Waals surface area contributed by atoms with Gasteiger partial charge in [0.05, 0.1) is 16.2 Å². The largest absolute Gasteiger partial charge is 0.494 e. The Bertz CT molecular complexity index is 2010. The molecule has 0 N–H and O–H groups in total. The quantitative estimate of drug-likeness (QED) is 0.149. The highest BCUT2D eigenvalue weighted by Gasteiger charge is 2.52. The van der Waals surface area contributed by atoms with Crippen molar-refractivity contribution in [3.8, 4) is 11.1 Å². The first kappa shape index (κ1) is 41.8. The number of rotatable bonds is 6. The van der Waals surface area contributed by atoms with Gasteiger partial charge in [0.25, 0.3) is 11.8 Å². The van der Waals surface area contributed by atoms with Gasteiger partial charge in [-0.1, -0.05) is 35.9 Å². The zero-order valence-electron chi connectivity index (χ0n) is 33.6. The van der Waals surface area contributed by atoms with Crippen LogP contribution in [0.2, 0.25) is 5.02 Å². The highest BCUT2D eigenvalue weighted by molar-refractivity contribution is 6.62. The molecule has 0 bridgehead atoms. The molecule has 0 spiro atoms. The van der Waals surface area contributed by atoms with Crippen LogP contribution in [0.4, 0.5) is 4.39 Å². The Morgan fingerprint density at radius 2 is 1.24 bits per heavy atom. The van der Waals surface area contributed by atoms with Gasteiger partial charge in [-0.25, -0.2) is 14.6 Å². The molecular weight excluding hydrogens is 728 g/mol. The molecule has 2 amide bonds. The van der Waals surface area contributed by atoms with E-state index in [1.807, 2.05) is 66.7 Å². The van der Waals surface area contributed by atoms with Crippen molar-refractivity contribution < 1.29 is 42.4 Å². The van der Waals surface area contributed by atoms with Crippen LogP contribution in [0.3, 0.4) is 0 Å². The van der Waals surface area contributed by atoms with Gasteiger partial charge < -0.3 is 28.6 Å². The molecule has 14 heteroatoms. The van der Waals surface area contributed by atoms with Gasteiger partial charge in [-0.05, 0) is 117 Å². The van der Waals surface area contributed by atoms with Gasteiger partial charge in [0, 0.05) is 42.0 Å². The number of nitrogens with zero attached hydrogens (tertiary/aromatic N) is 3. The van der Waals surface area contributed by atoms with E-state index in [0.717, 1.165) is 16.6 Å². The first-order chi connectivity index (χ1) is 25.3. The van der Waals surface area contributed by atoms with Crippen molar-refractivity contribution in [1.29, 1.82) is 0 Å². The summed E-state index contributed by atoms with van der Waals surface area (Å²) in [6.07, 6.45) is 1.23. The minimum absolute atomic E-state index is 0.174. The van der Waals surface area contributed by atoms with Crippen LogP contribution in [0.5, 0.6) is 0 Å². The lowest BCUT2D eigenvalue weighted by atomic mass is 9.78. The van der Waals surface area contributed by atoms with E-state index in [1.54, 1.807) is 57.7 Å². The van der Waals surface area contributed by atoms with Gasteiger partial charge >= 0.3 is 19.1 Å². The van der Waals surface area contributed by atoms with E-state index in [9.17, 15) is 23.6 Å². The van der Waals surface area contributed by atoms with Gasteiger partial charge in [-0.3, -0.25) is 9.59 Å². The summed E-state index contributed by atoms with van der Waals surface area (Å²) in [5, 5.41) is 0.292. The standard InChI is InChI=1S/C21H30BNO5.C20H20ClFN2O3/c1-13(18(25)26-19(2,3)4)23-12-14-9-10-15(11-16(14)17(23)24)22-27-20(5,6)21(7,8)28-22;1-11(19(26)27-20(2,3)4)24-10-13-6-5-12(7-15(13)18(24)25)14-8-17(22)23-9-16(14)21/h9-11,13H,12H2,1-8H3;5-9,11H,10H2,1-4H3/t13-;11-/m11/s1. The topological polar surface area (TPSA) is 125 Å². The number of esters is 2. The number of ether oxygens (including phenoxy) is 2. The van der Waals surface area contributed by atoms with Crippen LogP contribution < -0.4 is 5.46 Å². The SMILES string of the molecule is C[C@H](C(=O)OC(C)(C)C)N1Cc2ccc(-c3cc(F)ncc3Cl)cc2C1=O.C[C@H](C(=O)OC(C)(C)C)N1Cc2ccc(B3OC(C)(C)C(C)(C)O3)cc2C1=O. The number of carbonyl (C=O) groups is 4. The number of benzene rings is 2. The van der Waals surface area contributed by atoms with Crippen molar-refractivity contribution in [3.05, 3.63) is 81.9 Å². The Morgan fingerprint density at radius 3 is 1.71 bits per heavy atom. The van der Waals surface area contributed by atoms with E-state index in [0.29, 0.717) is 40.4 Å². The molecule has 0 radical (unpaired) electrons. The smallest absolute Gasteiger partial charge is 0.458 e. The molecule has 1 aromatic heterocycles. The first-order valence-corrected chi connectivity index (χ1v) is 18.7. The zero-order chi connectivity index (χ0) is 41.0. The maximum absolute atomic E-state index is 13.5. The fourth-order valence-electron chi connectivity index (χ4n) is 6.25. The number of fused-ring (bicyclic) bond motifs is 2. The average molecular weight is 778 g/mol. The molecule has 294 valence electrons. The van der Waals surface area contributed by atoms with Crippen molar-refractivity contribution in [2.45, 2.75) is 131 Å². The van der Waals surface area contributed by atoms with Gasteiger partial charge in [-0.2, -0.15) is 4.39 Å². The van der Waals surface area contributed by atoms with Crippen LogP contribution in [0, 0.1) is 5.95 Å². The zero-order valence-corrected chi connectivity index (χ0v) is 34.4. The maximum Gasteiger partial charge on any atom is 0.494 e. The number of carbonyl (C=O) groups excluding carboxylic acids is 4. The molecule has 3 aromatic rings. The molecule has 0 saturated carbocycles. The molecule has 1 fully saturated rings. The molecule has 2 aromatic carbocycles. The average Bonchev–Trinajstić information content (AvgIpc) is 3.66. The third kappa shape index (κ3) is 9.05. The van der Waals surface area contributed by atoms with Crippen LogP contribution in [0.15, 0.2) is 48.7 Å². The summed E-state index contributed by atoms with van der Waals surface area (Å²) in [5.74, 6) is -1.95. The molecule has 11 nitrogen and oxygen atoms in total. The summed E-state index contributed by atoms with van der Waals surface area (Å²) in [6.45, 7) is 22.8. The van der Waals surface area contributed by atoms with E-state index in [1.165, 1.54) is 17.2 Å². The third-order valence-electron chi connectivity index (χ3n) is 10.00. The molecule has 6 rings (SSSR count). The summed E-state index contributed by atoms with van der Waals surface area (Å²) < 4.78 is 36.5. The molecular formula is C41H50BClFN3O8. The van der Waals surface area contributed by atoms with Crippen LogP contribution in [0.1, 0.15) is 115 Å². The summed E-state index contributed by atoms with van der Waals surface area (Å²) in [7, 11) is -0.527. The molecule has 4 heterocycles. The normalized spacial score (nSPS) is 18.3. The fourth-order valence-corrected chi connectivity index (χ4v) is 6.46. The summed E-state index contributed by atoms with van der Waals surface area (Å²) in [4.78, 5) is 57.1. The Morgan fingerprint density at radius 1 is 0.782 bits per heavy atom. The number of amides is 2. The number of hydrogen-bond acceptors (Lipinski definition) is 9. The van der Waals surface area contributed by atoms with Crippen molar-refractivity contribution in [2.24, 2.45) is 0 Å². The Hall–Kier alpha value is -4.33. The molecule has 1 saturated heterocycles. The summed E-state index contributed by atoms with van der Waals surface area (Å²) in [5.41, 5.74) is 2.50. The molecule has 2 atom stereocenters. The Balaban J connectivity index is 0.000000211. The second kappa shape index (κ2) is 15.0. The van der Waals surface area contributed by atoms with Gasteiger partial charge in [0.15, 0.2) is 0 Å². The van der Waals surface area contributed by atoms with E-state index < -0.39 is 59.5 Å². The monoisotopic (exact) mass is 777 g/mol. The second-order valence-electron chi connectivity index (χ2n) is 17.1. The lowest BCUT2D eigenvalue weighted by Crippen LogP contribution is -2.42. The Kier molecular flexibility index (Phi) is 11.4. The molecule has 0 unspecified atom stereocenters. The first-order valence-electron chi connectivity index (χ1n) is 18.3. The third-order valence-corrected chi connectivity index (χ3v) is 10.3. The Labute approximate surface area is 327 Å². The van der Waals surface area contributed by atoms with E-state index in [4.69, 9.17) is 30.4 Å². The van der Waals surface area contributed by atoms with Gasteiger partial charge in [0.2, 0.25) is 5.95 Å². The highest BCUT2D eigenvalue weighted by atomic mass is 35.5. The molecule has 3 aliphatic heterocycles. The minimum atomic E-state index is -0.713. The minimum Gasteiger partial charge on any atom is -0.458 e. The predicted molar refractivity (Wildman–Crippen MR) is 207 cm³/mol. The van der Waals surface area contributed by atoms with Crippen LogP contribution in [-0.4, -0.2) is 80.1 Å². The van der Waals surface area contributed by atoms with E-state index >= 15 is 0 Å². The highest BCUT2D eigenvalue weighted by Crippen LogP contribution is 2.37. The van der Waals surface area contributed by atoms with E-state index in [-0.39, 0.29) is 11.8 Å². The van der Waals surface area contributed by atoms with Gasteiger partial charge in [0.1, 0.15) is 23.3 Å². The molecule has 3 aliphatic rings. The van der Waals surface area contributed by atoms with E-state index in [2.05, 4.69) is 4.98 Å². The van der Waals surface area contributed by atoms with Crippen LogP contribution in [-0.2, 0) is 41.5 Å². The van der Waals surface area contributed by atoms with Crippen molar-refractivity contribution >= 4 is 47.9 Å². The summed E-state index contributed by atoms with van der Waals surface area (Å²) >= 11 is 6.11. The van der Waals surface area contributed by atoms with Crippen LogP contribution >= 0.6 is 11.6 Å². The fraction of sp³-hybridized carbons (Fsp3) is 0.488. The predicted octanol–water partition coefficient (Wildman–Crippen LogP) is 6.90. The van der Waals surface area contributed by atoms with Crippen molar-refractivity contribution in [1.82, 2.24) is 14.8 Å². The number of halogens is 2. The second-order valence-corrected chi connectivity index (χ2v) is 17.6. The lowest BCUT2D eigenvalue weighted by Gasteiger charge is -2.32. The number of aromatic nitrogens is 1. The van der Waals surface area contributed by atoms with Crippen molar-refractivity contribution in [3.63, 3.8) is 0 Å². The summed E-state index contributed by atoms with van der Waals surface area (Å²) in [6, 6.07) is 10.7. The maximum atomic E-state index is 13.5. The molecule has 55 heavy (non-hydrogen) atoms. The molecule has 0 aliphatic carbocycles.